The maximum atomic E-state index is 12.0. The second-order valence-electron chi connectivity index (χ2n) is 7.90. The van der Waals surface area contributed by atoms with Gasteiger partial charge in [-0.25, -0.2) is 4.79 Å². The summed E-state index contributed by atoms with van der Waals surface area (Å²) in [6.07, 6.45) is 3.71. The Morgan fingerprint density at radius 3 is 2.33 bits per heavy atom. The van der Waals surface area contributed by atoms with Gasteiger partial charge in [0, 0.05) is 24.8 Å². The molecule has 2 N–H and O–H groups in total. The second kappa shape index (κ2) is 4.31. The summed E-state index contributed by atoms with van der Waals surface area (Å²) >= 11 is 0. The lowest BCUT2D eigenvalue weighted by atomic mass is 9.45. The van der Waals surface area contributed by atoms with Crippen molar-refractivity contribution >= 4 is 5.97 Å². The number of carbonyl (C=O) groups excluding carboxylic acids is 1. The molecule has 4 atom stereocenters. The molecule has 0 amide bonds. The van der Waals surface area contributed by atoms with Crippen LogP contribution in [0.1, 0.15) is 52.4 Å². The van der Waals surface area contributed by atoms with Crippen molar-refractivity contribution in [3.05, 3.63) is 12.2 Å². The maximum absolute atomic E-state index is 12.0. The highest BCUT2D eigenvalue weighted by molar-refractivity contribution is 5.87. The third-order valence-electron chi connectivity index (χ3n) is 5.23. The third kappa shape index (κ3) is 2.41. The van der Waals surface area contributed by atoms with Gasteiger partial charge in [-0.05, 0) is 31.6 Å². The van der Waals surface area contributed by atoms with Crippen LogP contribution in [0.4, 0.5) is 0 Å². The van der Waals surface area contributed by atoms with Crippen molar-refractivity contribution in [3.8, 4) is 0 Å². The van der Waals surface area contributed by atoms with Crippen molar-refractivity contribution in [1.29, 1.82) is 0 Å². The first-order chi connectivity index (χ1) is 9.63. The Bertz CT molecular complexity index is 479. The average Bonchev–Trinajstić information content (AvgIpc) is 2.22. The maximum Gasteiger partial charge on any atom is 0.333 e. The molecule has 0 saturated heterocycles. The van der Waals surface area contributed by atoms with Crippen molar-refractivity contribution in [1.82, 2.24) is 0 Å². The van der Waals surface area contributed by atoms with E-state index < -0.39 is 22.8 Å². The molecule has 0 aromatic heterocycles. The van der Waals surface area contributed by atoms with Gasteiger partial charge in [0.05, 0.1) is 11.2 Å². The van der Waals surface area contributed by atoms with Crippen LogP contribution in [-0.2, 0) is 14.3 Å². The molecule has 4 unspecified atom stereocenters. The molecule has 0 radical (unpaired) electrons. The number of hydrogen-bond acceptors (Lipinski definition) is 5. The normalized spacial score (nSPS) is 47.4. The van der Waals surface area contributed by atoms with Crippen LogP contribution in [0.15, 0.2) is 12.2 Å². The van der Waals surface area contributed by atoms with Crippen LogP contribution in [0.3, 0.4) is 0 Å². The van der Waals surface area contributed by atoms with Gasteiger partial charge in [-0.15, -0.1) is 0 Å². The molecule has 0 aliphatic heterocycles. The van der Waals surface area contributed by atoms with Crippen molar-refractivity contribution in [3.63, 3.8) is 0 Å². The minimum absolute atomic E-state index is 0.131. The van der Waals surface area contributed by atoms with Crippen LogP contribution < -0.4 is 0 Å². The summed E-state index contributed by atoms with van der Waals surface area (Å²) in [5.41, 5.74) is -1.95. The lowest BCUT2D eigenvalue weighted by Crippen LogP contribution is -2.70. The second-order valence-corrected chi connectivity index (χ2v) is 7.90. The molecule has 4 fully saturated rings. The van der Waals surface area contributed by atoms with Crippen molar-refractivity contribution in [2.24, 2.45) is 5.41 Å². The molecule has 4 aliphatic carbocycles. The number of carbonyl (C=O) groups is 1. The largest absolute Gasteiger partial charge is 0.455 e. The van der Waals surface area contributed by atoms with Gasteiger partial charge in [0.1, 0.15) is 12.4 Å². The fourth-order valence-corrected chi connectivity index (χ4v) is 5.57. The zero-order valence-corrected chi connectivity index (χ0v) is 12.8. The Morgan fingerprint density at radius 1 is 1.14 bits per heavy atom. The summed E-state index contributed by atoms with van der Waals surface area (Å²) in [4.78, 5) is 12.0. The van der Waals surface area contributed by atoms with E-state index in [1.54, 1.807) is 6.92 Å². The minimum atomic E-state index is -0.881. The van der Waals surface area contributed by atoms with Gasteiger partial charge in [-0.2, -0.15) is 0 Å². The van der Waals surface area contributed by atoms with Crippen LogP contribution in [0.5, 0.6) is 0 Å². The predicted octanol–water partition coefficient (Wildman–Crippen LogP) is 1.67. The fourth-order valence-electron chi connectivity index (χ4n) is 5.57. The van der Waals surface area contributed by atoms with E-state index in [2.05, 4.69) is 13.5 Å². The van der Waals surface area contributed by atoms with Crippen LogP contribution >= 0.6 is 0 Å². The number of ether oxygens (including phenoxy) is 2. The molecule has 0 heterocycles. The summed E-state index contributed by atoms with van der Waals surface area (Å²) in [6, 6.07) is 0. The fraction of sp³-hybridized carbons (Fsp3) is 0.812. The van der Waals surface area contributed by atoms with Crippen molar-refractivity contribution < 1.29 is 24.5 Å². The van der Waals surface area contributed by atoms with Gasteiger partial charge in [-0.1, -0.05) is 13.5 Å². The average molecular weight is 296 g/mol. The molecule has 4 saturated carbocycles. The van der Waals surface area contributed by atoms with E-state index in [1.807, 2.05) is 0 Å². The first-order valence-electron chi connectivity index (χ1n) is 7.49. The lowest BCUT2D eigenvalue weighted by molar-refractivity contribution is -0.302. The van der Waals surface area contributed by atoms with E-state index in [-0.39, 0.29) is 12.2 Å². The molecule has 5 heteroatoms. The highest BCUT2D eigenvalue weighted by Gasteiger charge is 2.69. The zero-order valence-electron chi connectivity index (χ0n) is 12.8. The summed E-state index contributed by atoms with van der Waals surface area (Å²) in [5.74, 6) is -0.414. The third-order valence-corrected chi connectivity index (χ3v) is 5.23. The van der Waals surface area contributed by atoms with Crippen molar-refractivity contribution in [2.45, 2.75) is 69.2 Å². The molecular weight excluding hydrogens is 272 g/mol. The minimum Gasteiger partial charge on any atom is -0.455 e. The van der Waals surface area contributed by atoms with Crippen LogP contribution in [0, 0.1) is 5.41 Å². The number of esters is 1. The van der Waals surface area contributed by atoms with E-state index in [0.717, 1.165) is 12.8 Å². The highest BCUT2D eigenvalue weighted by Crippen LogP contribution is 2.66. The first kappa shape index (κ1) is 15.0. The Labute approximate surface area is 124 Å². The van der Waals surface area contributed by atoms with Crippen LogP contribution in [-0.4, -0.2) is 39.8 Å². The van der Waals surface area contributed by atoms with Gasteiger partial charge in [0.2, 0.25) is 0 Å². The molecule has 4 rings (SSSR count). The molecule has 0 spiro atoms. The summed E-state index contributed by atoms with van der Waals surface area (Å²) < 4.78 is 11.4. The van der Waals surface area contributed by atoms with E-state index >= 15 is 0 Å². The standard InChI is InChI=1S/C16H24O5/c1-11(2)12(18)21-16-6-13(3)4-14(19,8-16)7-15(5-13,9-16)20-10-17/h17,19H,1,4-10H2,2-3H3. The molecule has 0 aromatic rings. The molecule has 4 bridgehead atoms. The van der Waals surface area contributed by atoms with Gasteiger partial charge in [0.15, 0.2) is 0 Å². The predicted molar refractivity (Wildman–Crippen MR) is 75.3 cm³/mol. The number of hydrogen-bond donors (Lipinski definition) is 2. The Hall–Kier alpha value is -0.910. The monoisotopic (exact) mass is 296 g/mol. The first-order valence-corrected chi connectivity index (χ1v) is 7.49. The van der Waals surface area contributed by atoms with E-state index in [1.165, 1.54) is 0 Å². The summed E-state index contributed by atoms with van der Waals surface area (Å²) in [7, 11) is 0. The van der Waals surface area contributed by atoms with E-state index in [4.69, 9.17) is 9.47 Å². The molecule has 4 aliphatic rings. The number of aliphatic hydroxyl groups excluding tert-OH is 1. The van der Waals surface area contributed by atoms with Crippen molar-refractivity contribution in [2.75, 3.05) is 6.79 Å². The van der Waals surface area contributed by atoms with Gasteiger partial charge in [0.25, 0.3) is 0 Å². The van der Waals surface area contributed by atoms with Crippen LogP contribution in [0.2, 0.25) is 0 Å². The lowest BCUT2D eigenvalue weighted by Gasteiger charge is -2.67. The van der Waals surface area contributed by atoms with E-state index in [0.29, 0.717) is 31.3 Å². The summed E-state index contributed by atoms with van der Waals surface area (Å²) in [6.45, 7) is 6.98. The van der Waals surface area contributed by atoms with Crippen LogP contribution in [0.25, 0.3) is 0 Å². The zero-order chi connectivity index (χ0) is 15.5. The van der Waals surface area contributed by atoms with Gasteiger partial charge >= 0.3 is 5.97 Å². The van der Waals surface area contributed by atoms with Gasteiger partial charge < -0.3 is 19.7 Å². The molecule has 21 heavy (non-hydrogen) atoms. The van der Waals surface area contributed by atoms with Gasteiger partial charge in [-0.3, -0.25) is 0 Å². The highest BCUT2D eigenvalue weighted by atomic mass is 16.6. The molecular formula is C16H24O5. The Balaban J connectivity index is 1.95. The number of rotatable bonds is 4. The Morgan fingerprint density at radius 2 is 1.76 bits per heavy atom. The molecule has 5 nitrogen and oxygen atoms in total. The smallest absolute Gasteiger partial charge is 0.333 e. The van der Waals surface area contributed by atoms with E-state index in [9.17, 15) is 15.0 Å². The summed E-state index contributed by atoms with van der Waals surface area (Å²) in [5, 5.41) is 20.1. The quantitative estimate of drug-likeness (QED) is 0.469. The molecule has 0 aromatic carbocycles. The SMILES string of the molecule is C=C(C)C(=O)OC12CC3(C)CC(O)(CC(OCO)(C3)C1)C2. The Kier molecular flexibility index (Phi) is 3.08. The topological polar surface area (TPSA) is 76.0 Å². The molecule has 118 valence electrons. The number of aliphatic hydroxyl groups is 2.